The number of hydrogen-bond acceptors (Lipinski definition) is 2. The van der Waals surface area contributed by atoms with Crippen molar-refractivity contribution < 1.29 is 18.7 Å². The number of hydrogen-bond donors (Lipinski definition) is 1. The molecule has 0 aliphatic heterocycles. The fraction of sp³-hybridized carbons (Fsp3) is 0. The van der Waals surface area contributed by atoms with Crippen LogP contribution in [0, 0.1) is 11.9 Å². The highest BCUT2D eigenvalue weighted by molar-refractivity contribution is 5.87. The van der Waals surface area contributed by atoms with Gasteiger partial charge in [0.1, 0.15) is 0 Å². The van der Waals surface area contributed by atoms with Gasteiger partial charge in [0.05, 0.1) is 5.56 Å². The van der Waals surface area contributed by atoms with Gasteiger partial charge in [-0.05, 0) is 0 Å². The second-order valence-electron chi connectivity index (χ2n) is 1.81. The molecular formula is C6H3F2NO2. The van der Waals surface area contributed by atoms with Crippen LogP contribution in [0.15, 0.2) is 12.1 Å². The molecule has 0 amide bonds. The molecule has 11 heavy (non-hydrogen) atoms. The summed E-state index contributed by atoms with van der Waals surface area (Å²) in [6.45, 7) is 0. The van der Waals surface area contributed by atoms with E-state index in [0.29, 0.717) is 12.1 Å². The molecule has 1 aromatic heterocycles. The number of aromatic carboxylic acids is 1. The first-order valence-electron chi connectivity index (χ1n) is 2.66. The Morgan fingerprint density at radius 3 is 2.18 bits per heavy atom. The molecule has 0 fully saturated rings. The fourth-order valence-corrected chi connectivity index (χ4v) is 0.588. The molecule has 1 heterocycles. The van der Waals surface area contributed by atoms with Gasteiger partial charge in [0.2, 0.25) is 11.9 Å². The van der Waals surface area contributed by atoms with Crippen LogP contribution in [0.2, 0.25) is 0 Å². The highest BCUT2D eigenvalue weighted by atomic mass is 19.1. The summed E-state index contributed by atoms with van der Waals surface area (Å²) in [5.74, 6) is -3.66. The molecule has 0 aliphatic rings. The lowest BCUT2D eigenvalue weighted by Crippen LogP contribution is -2.00. The maximum atomic E-state index is 12.2. The summed E-state index contributed by atoms with van der Waals surface area (Å²) in [4.78, 5) is 12.9. The largest absolute Gasteiger partial charge is 0.478 e. The molecule has 1 rings (SSSR count). The maximum Gasteiger partial charge on any atom is 0.336 e. The highest BCUT2D eigenvalue weighted by Crippen LogP contribution is 2.03. The van der Waals surface area contributed by atoms with Gasteiger partial charge in [-0.1, -0.05) is 0 Å². The maximum absolute atomic E-state index is 12.2. The molecule has 58 valence electrons. The van der Waals surface area contributed by atoms with Crippen LogP contribution in [0.25, 0.3) is 0 Å². The molecule has 0 unspecified atom stereocenters. The van der Waals surface area contributed by atoms with E-state index < -0.39 is 23.4 Å². The molecule has 0 bridgehead atoms. The standard InChI is InChI=1S/C6H3F2NO2/c7-4-1-3(6(10)11)2-5(8)9-4/h1-2H,(H,10,11). The Balaban J connectivity index is 3.19. The number of halogens is 2. The summed E-state index contributed by atoms with van der Waals surface area (Å²) >= 11 is 0. The molecule has 0 saturated carbocycles. The quantitative estimate of drug-likeness (QED) is 0.623. The highest BCUT2D eigenvalue weighted by Gasteiger charge is 2.06. The average molecular weight is 159 g/mol. The predicted octanol–water partition coefficient (Wildman–Crippen LogP) is 1.06. The number of aromatic nitrogens is 1. The summed E-state index contributed by atoms with van der Waals surface area (Å²) < 4.78 is 24.3. The third-order valence-electron chi connectivity index (χ3n) is 1.01. The van der Waals surface area contributed by atoms with Crippen LogP contribution < -0.4 is 0 Å². The van der Waals surface area contributed by atoms with E-state index in [9.17, 15) is 13.6 Å². The second-order valence-corrected chi connectivity index (χ2v) is 1.81. The molecule has 3 nitrogen and oxygen atoms in total. The lowest BCUT2D eigenvalue weighted by molar-refractivity contribution is 0.0695. The van der Waals surface area contributed by atoms with Crippen LogP contribution >= 0.6 is 0 Å². The van der Waals surface area contributed by atoms with Crippen LogP contribution in [0.3, 0.4) is 0 Å². The topological polar surface area (TPSA) is 50.2 Å². The van der Waals surface area contributed by atoms with Gasteiger partial charge in [-0.15, -0.1) is 0 Å². The Hall–Kier alpha value is -1.52. The lowest BCUT2D eigenvalue weighted by atomic mass is 10.3. The van der Waals surface area contributed by atoms with E-state index in [1.807, 2.05) is 0 Å². The van der Waals surface area contributed by atoms with Crippen molar-refractivity contribution in [3.05, 3.63) is 29.6 Å². The first kappa shape index (κ1) is 7.59. The minimum absolute atomic E-state index is 0.449. The van der Waals surface area contributed by atoms with E-state index in [2.05, 4.69) is 4.98 Å². The van der Waals surface area contributed by atoms with Gasteiger partial charge in [-0.2, -0.15) is 13.8 Å². The number of carbonyl (C=O) groups is 1. The second kappa shape index (κ2) is 2.61. The van der Waals surface area contributed by atoms with Gasteiger partial charge in [0.25, 0.3) is 0 Å². The van der Waals surface area contributed by atoms with Crippen LogP contribution in [-0.4, -0.2) is 16.1 Å². The molecule has 0 saturated heterocycles. The van der Waals surface area contributed by atoms with Crippen molar-refractivity contribution in [1.82, 2.24) is 4.98 Å². The SMILES string of the molecule is O=C(O)c1cc(F)nc(F)c1. The number of pyridine rings is 1. The minimum Gasteiger partial charge on any atom is -0.478 e. The summed E-state index contributed by atoms with van der Waals surface area (Å²) in [6, 6.07) is 1.29. The van der Waals surface area contributed by atoms with E-state index >= 15 is 0 Å². The Labute approximate surface area is 60.3 Å². The number of nitrogens with zero attached hydrogens (tertiary/aromatic N) is 1. The molecule has 1 N–H and O–H groups in total. The Bertz CT molecular complexity index is 280. The third-order valence-corrected chi connectivity index (χ3v) is 1.01. The van der Waals surface area contributed by atoms with E-state index in [0.717, 1.165) is 0 Å². The predicted molar refractivity (Wildman–Crippen MR) is 31.1 cm³/mol. The Kier molecular flexibility index (Phi) is 1.80. The van der Waals surface area contributed by atoms with Crippen LogP contribution in [0.4, 0.5) is 8.78 Å². The molecule has 0 aliphatic carbocycles. The van der Waals surface area contributed by atoms with E-state index in [1.165, 1.54) is 0 Å². The van der Waals surface area contributed by atoms with Crippen molar-refractivity contribution in [1.29, 1.82) is 0 Å². The van der Waals surface area contributed by atoms with Crippen LogP contribution in [0.1, 0.15) is 10.4 Å². The van der Waals surface area contributed by atoms with Gasteiger partial charge in [-0.25, -0.2) is 4.79 Å². The number of rotatable bonds is 1. The molecule has 0 spiro atoms. The summed E-state index contributed by atoms with van der Waals surface area (Å²) in [7, 11) is 0. The van der Waals surface area contributed by atoms with Crippen molar-refractivity contribution in [2.24, 2.45) is 0 Å². The molecular weight excluding hydrogens is 156 g/mol. The van der Waals surface area contributed by atoms with Gasteiger partial charge < -0.3 is 5.11 Å². The normalized spacial score (nSPS) is 9.64. The molecule has 0 aromatic carbocycles. The van der Waals surface area contributed by atoms with Crippen LogP contribution in [0.5, 0.6) is 0 Å². The first-order chi connectivity index (χ1) is 5.09. The molecule has 5 heteroatoms. The summed E-state index contributed by atoms with van der Waals surface area (Å²) in [5, 5.41) is 8.27. The van der Waals surface area contributed by atoms with Crippen molar-refractivity contribution in [3.63, 3.8) is 0 Å². The minimum atomic E-state index is -1.38. The first-order valence-corrected chi connectivity index (χ1v) is 2.66. The van der Waals surface area contributed by atoms with E-state index in [4.69, 9.17) is 5.11 Å². The van der Waals surface area contributed by atoms with Gasteiger partial charge in [0, 0.05) is 12.1 Å². The lowest BCUT2D eigenvalue weighted by Gasteiger charge is -1.93. The average Bonchev–Trinajstić information content (AvgIpc) is 1.85. The fourth-order valence-electron chi connectivity index (χ4n) is 0.588. The molecule has 0 radical (unpaired) electrons. The van der Waals surface area contributed by atoms with Crippen molar-refractivity contribution in [2.75, 3.05) is 0 Å². The number of carboxylic acids is 1. The Morgan fingerprint density at radius 2 is 1.82 bits per heavy atom. The zero-order valence-electron chi connectivity index (χ0n) is 5.21. The van der Waals surface area contributed by atoms with E-state index in [1.54, 1.807) is 0 Å². The summed E-state index contributed by atoms with van der Waals surface area (Å²) in [6.07, 6.45) is 0. The number of carboxylic acid groups (broad SMARTS) is 1. The Morgan fingerprint density at radius 1 is 1.36 bits per heavy atom. The van der Waals surface area contributed by atoms with Gasteiger partial charge >= 0.3 is 5.97 Å². The smallest absolute Gasteiger partial charge is 0.336 e. The van der Waals surface area contributed by atoms with Crippen LogP contribution in [-0.2, 0) is 0 Å². The van der Waals surface area contributed by atoms with Gasteiger partial charge in [-0.3, -0.25) is 0 Å². The van der Waals surface area contributed by atoms with E-state index in [-0.39, 0.29) is 0 Å². The van der Waals surface area contributed by atoms with Crippen molar-refractivity contribution in [2.45, 2.75) is 0 Å². The van der Waals surface area contributed by atoms with Crippen molar-refractivity contribution in [3.8, 4) is 0 Å². The van der Waals surface area contributed by atoms with Gasteiger partial charge in [0.15, 0.2) is 0 Å². The molecule has 1 aromatic rings. The summed E-state index contributed by atoms with van der Waals surface area (Å²) in [5.41, 5.74) is -0.449. The zero-order chi connectivity index (χ0) is 8.43. The zero-order valence-corrected chi connectivity index (χ0v) is 5.21. The monoisotopic (exact) mass is 159 g/mol. The third kappa shape index (κ3) is 1.70. The molecule has 0 atom stereocenters. The van der Waals surface area contributed by atoms with Crippen molar-refractivity contribution >= 4 is 5.97 Å².